The Morgan fingerprint density at radius 3 is 1.87 bits per heavy atom. The number of hydrogen-bond donors (Lipinski definition) is 1. The molecule has 1 heterocycles. The molecule has 4 rings (SSSR count). The SMILES string of the molecule is Cc1ccc(Oc2ccc(NC(=O)[C@H](C)N3C(=O)c4ccccc4C3=O)cc2)cc1. The third-order valence-electron chi connectivity index (χ3n) is 4.97. The summed E-state index contributed by atoms with van der Waals surface area (Å²) in [6.45, 7) is 3.54. The maximum absolute atomic E-state index is 12.7. The summed E-state index contributed by atoms with van der Waals surface area (Å²) in [5.41, 5.74) is 2.33. The fraction of sp³-hybridized carbons (Fsp3) is 0.125. The molecule has 30 heavy (non-hydrogen) atoms. The second kappa shape index (κ2) is 7.83. The maximum Gasteiger partial charge on any atom is 0.262 e. The van der Waals surface area contributed by atoms with Crippen LogP contribution in [0.5, 0.6) is 11.5 Å². The van der Waals surface area contributed by atoms with Gasteiger partial charge in [0.05, 0.1) is 11.1 Å². The van der Waals surface area contributed by atoms with Crippen molar-refractivity contribution in [1.29, 1.82) is 0 Å². The zero-order chi connectivity index (χ0) is 21.3. The summed E-state index contributed by atoms with van der Waals surface area (Å²) in [5.74, 6) is -0.0150. The Kier molecular flexibility index (Phi) is 5.06. The molecule has 0 bridgehead atoms. The predicted molar refractivity (Wildman–Crippen MR) is 113 cm³/mol. The minimum Gasteiger partial charge on any atom is -0.457 e. The molecule has 3 aromatic carbocycles. The van der Waals surface area contributed by atoms with Gasteiger partial charge in [-0.2, -0.15) is 0 Å². The number of amides is 3. The molecule has 150 valence electrons. The van der Waals surface area contributed by atoms with Gasteiger partial charge in [0.2, 0.25) is 5.91 Å². The molecule has 1 aliphatic rings. The molecule has 6 heteroatoms. The van der Waals surface area contributed by atoms with E-state index in [1.165, 1.54) is 6.92 Å². The molecular weight excluding hydrogens is 380 g/mol. The zero-order valence-corrected chi connectivity index (χ0v) is 16.6. The summed E-state index contributed by atoms with van der Waals surface area (Å²) in [6, 6.07) is 20.2. The first-order valence-electron chi connectivity index (χ1n) is 9.56. The number of anilines is 1. The summed E-state index contributed by atoms with van der Waals surface area (Å²) in [4.78, 5) is 38.8. The molecule has 1 N–H and O–H groups in total. The fourth-order valence-corrected chi connectivity index (χ4v) is 3.27. The Labute approximate surface area is 174 Å². The lowest BCUT2D eigenvalue weighted by Gasteiger charge is -2.21. The molecule has 0 aliphatic carbocycles. The van der Waals surface area contributed by atoms with E-state index in [0.717, 1.165) is 16.2 Å². The van der Waals surface area contributed by atoms with Gasteiger partial charge in [-0.15, -0.1) is 0 Å². The largest absolute Gasteiger partial charge is 0.457 e. The number of imide groups is 1. The first-order valence-corrected chi connectivity index (χ1v) is 9.56. The average molecular weight is 400 g/mol. The number of benzene rings is 3. The lowest BCUT2D eigenvalue weighted by atomic mass is 10.1. The molecule has 0 fully saturated rings. The van der Waals surface area contributed by atoms with Crippen LogP contribution in [0.15, 0.2) is 72.8 Å². The van der Waals surface area contributed by atoms with Gasteiger partial charge in [0.25, 0.3) is 11.8 Å². The highest BCUT2D eigenvalue weighted by molar-refractivity contribution is 6.23. The lowest BCUT2D eigenvalue weighted by molar-refractivity contribution is -0.119. The smallest absolute Gasteiger partial charge is 0.262 e. The van der Waals surface area contributed by atoms with Gasteiger partial charge in [-0.05, 0) is 62.4 Å². The van der Waals surface area contributed by atoms with E-state index in [-0.39, 0.29) is 0 Å². The van der Waals surface area contributed by atoms with Crippen LogP contribution in [-0.2, 0) is 4.79 Å². The Balaban J connectivity index is 1.42. The van der Waals surface area contributed by atoms with E-state index in [2.05, 4.69) is 5.32 Å². The molecule has 3 amide bonds. The van der Waals surface area contributed by atoms with E-state index in [1.54, 1.807) is 48.5 Å². The van der Waals surface area contributed by atoms with E-state index in [9.17, 15) is 14.4 Å². The van der Waals surface area contributed by atoms with Gasteiger partial charge in [0.15, 0.2) is 0 Å². The number of nitrogens with one attached hydrogen (secondary N) is 1. The van der Waals surface area contributed by atoms with Crippen LogP contribution in [-0.4, -0.2) is 28.7 Å². The maximum atomic E-state index is 12.7. The summed E-state index contributed by atoms with van der Waals surface area (Å²) in [5, 5.41) is 2.74. The third-order valence-corrected chi connectivity index (χ3v) is 4.97. The number of nitrogens with zero attached hydrogens (tertiary/aromatic N) is 1. The van der Waals surface area contributed by atoms with E-state index in [4.69, 9.17) is 4.74 Å². The quantitative estimate of drug-likeness (QED) is 0.644. The molecule has 0 saturated heterocycles. The number of aryl methyl sites for hydroxylation is 1. The van der Waals surface area contributed by atoms with Crippen LogP contribution < -0.4 is 10.1 Å². The van der Waals surface area contributed by atoms with Crippen molar-refractivity contribution in [1.82, 2.24) is 4.90 Å². The molecule has 1 atom stereocenters. The van der Waals surface area contributed by atoms with Crippen molar-refractivity contribution in [3.05, 3.63) is 89.5 Å². The van der Waals surface area contributed by atoms with Gasteiger partial charge >= 0.3 is 0 Å². The highest BCUT2D eigenvalue weighted by atomic mass is 16.5. The number of carbonyl (C=O) groups excluding carboxylic acids is 3. The number of rotatable bonds is 5. The third kappa shape index (κ3) is 3.67. The van der Waals surface area contributed by atoms with Gasteiger partial charge in [-0.25, -0.2) is 0 Å². The first-order chi connectivity index (χ1) is 14.4. The van der Waals surface area contributed by atoms with Crippen LogP contribution in [0.25, 0.3) is 0 Å². The van der Waals surface area contributed by atoms with Gasteiger partial charge < -0.3 is 10.1 Å². The first kappa shape index (κ1) is 19.4. The average Bonchev–Trinajstić information content (AvgIpc) is 3.01. The van der Waals surface area contributed by atoms with E-state index in [1.807, 2.05) is 31.2 Å². The molecule has 0 spiro atoms. The standard InChI is InChI=1S/C24H20N2O4/c1-15-7-11-18(12-8-15)30-19-13-9-17(10-14-19)25-22(27)16(2)26-23(28)20-5-3-4-6-21(20)24(26)29/h3-14,16H,1-2H3,(H,25,27)/t16-/m0/s1. The van der Waals surface area contributed by atoms with Gasteiger partial charge in [-0.1, -0.05) is 29.8 Å². The number of hydrogen-bond acceptors (Lipinski definition) is 4. The topological polar surface area (TPSA) is 75.7 Å². The van der Waals surface area contributed by atoms with Crippen LogP contribution >= 0.6 is 0 Å². The minimum absolute atomic E-state index is 0.319. The second-order valence-corrected chi connectivity index (χ2v) is 7.13. The Hall–Kier alpha value is -3.93. The molecule has 0 aromatic heterocycles. The van der Waals surface area contributed by atoms with Crippen molar-refractivity contribution in [2.45, 2.75) is 19.9 Å². The van der Waals surface area contributed by atoms with Crippen molar-refractivity contribution in [2.24, 2.45) is 0 Å². The molecule has 0 saturated carbocycles. The monoisotopic (exact) mass is 400 g/mol. The summed E-state index contributed by atoms with van der Waals surface area (Å²) >= 11 is 0. The van der Waals surface area contributed by atoms with Crippen molar-refractivity contribution < 1.29 is 19.1 Å². The van der Waals surface area contributed by atoms with Crippen LogP contribution in [0.3, 0.4) is 0 Å². The lowest BCUT2D eigenvalue weighted by Crippen LogP contribution is -2.45. The van der Waals surface area contributed by atoms with Gasteiger partial charge in [0.1, 0.15) is 17.5 Å². The molecule has 3 aromatic rings. The molecule has 6 nitrogen and oxygen atoms in total. The minimum atomic E-state index is -0.944. The fourth-order valence-electron chi connectivity index (χ4n) is 3.27. The van der Waals surface area contributed by atoms with Crippen LogP contribution in [0.4, 0.5) is 5.69 Å². The van der Waals surface area contributed by atoms with Crippen molar-refractivity contribution in [3.8, 4) is 11.5 Å². The van der Waals surface area contributed by atoms with Crippen molar-refractivity contribution in [3.63, 3.8) is 0 Å². The van der Waals surface area contributed by atoms with E-state index in [0.29, 0.717) is 22.6 Å². The Bertz CT molecular complexity index is 1090. The summed E-state index contributed by atoms with van der Waals surface area (Å²) in [7, 11) is 0. The highest BCUT2D eigenvalue weighted by Gasteiger charge is 2.40. The van der Waals surface area contributed by atoms with Crippen molar-refractivity contribution >= 4 is 23.4 Å². The van der Waals surface area contributed by atoms with Crippen molar-refractivity contribution in [2.75, 3.05) is 5.32 Å². The van der Waals surface area contributed by atoms with Crippen LogP contribution in [0.2, 0.25) is 0 Å². The predicted octanol–water partition coefficient (Wildman–Crippen LogP) is 4.41. The number of fused-ring (bicyclic) bond motifs is 1. The molecule has 0 radical (unpaired) electrons. The van der Waals surface area contributed by atoms with E-state index >= 15 is 0 Å². The second-order valence-electron chi connectivity index (χ2n) is 7.13. The van der Waals surface area contributed by atoms with Crippen LogP contribution in [0, 0.1) is 6.92 Å². The Morgan fingerprint density at radius 2 is 1.33 bits per heavy atom. The Morgan fingerprint density at radius 1 is 0.833 bits per heavy atom. The highest BCUT2D eigenvalue weighted by Crippen LogP contribution is 2.26. The van der Waals surface area contributed by atoms with Gasteiger partial charge in [0, 0.05) is 5.69 Å². The molecule has 0 unspecified atom stereocenters. The molecular formula is C24H20N2O4. The molecule has 1 aliphatic heterocycles. The van der Waals surface area contributed by atoms with E-state index < -0.39 is 23.8 Å². The number of carbonyl (C=O) groups is 3. The number of ether oxygens (including phenoxy) is 1. The normalized spacial score (nSPS) is 13.7. The summed E-state index contributed by atoms with van der Waals surface area (Å²) in [6.07, 6.45) is 0. The van der Waals surface area contributed by atoms with Gasteiger partial charge in [-0.3, -0.25) is 19.3 Å². The summed E-state index contributed by atoms with van der Waals surface area (Å²) < 4.78 is 5.78. The van der Waals surface area contributed by atoms with Crippen LogP contribution in [0.1, 0.15) is 33.2 Å². The zero-order valence-electron chi connectivity index (χ0n) is 16.6.